The van der Waals surface area contributed by atoms with Gasteiger partial charge in [0.15, 0.2) is 0 Å². The van der Waals surface area contributed by atoms with Gasteiger partial charge in [0.25, 0.3) is 0 Å². The van der Waals surface area contributed by atoms with Gasteiger partial charge in [-0.3, -0.25) is 0 Å². The number of allylic oxidation sites excluding steroid dienone is 5. The summed E-state index contributed by atoms with van der Waals surface area (Å²) in [5.74, 6) is 0.715. The quantitative estimate of drug-likeness (QED) is 0.653. The van der Waals surface area contributed by atoms with Gasteiger partial charge in [0, 0.05) is 6.54 Å². The Morgan fingerprint density at radius 1 is 1.31 bits per heavy atom. The highest BCUT2D eigenvalue weighted by atomic mass is 14.9. The van der Waals surface area contributed by atoms with Gasteiger partial charge >= 0.3 is 0 Å². The Bertz CT molecular complexity index is 217. The van der Waals surface area contributed by atoms with Gasteiger partial charge in [0.1, 0.15) is 0 Å². The normalized spacial score (nSPS) is 25.1. The zero-order valence-electron chi connectivity index (χ0n) is 8.59. The molecule has 0 radical (unpaired) electrons. The van der Waals surface area contributed by atoms with Crippen molar-refractivity contribution in [2.45, 2.75) is 20.3 Å². The molecule has 1 aliphatic heterocycles. The van der Waals surface area contributed by atoms with E-state index in [9.17, 15) is 0 Å². The summed E-state index contributed by atoms with van der Waals surface area (Å²) in [5, 5.41) is 3.39. The zero-order chi connectivity index (χ0) is 9.52. The first-order valence-electron chi connectivity index (χ1n) is 5.04. The minimum atomic E-state index is 0.715. The van der Waals surface area contributed by atoms with E-state index in [4.69, 9.17) is 0 Å². The summed E-state index contributed by atoms with van der Waals surface area (Å²) < 4.78 is 0. The van der Waals surface area contributed by atoms with Gasteiger partial charge in [-0.2, -0.15) is 0 Å². The maximum atomic E-state index is 3.39. The van der Waals surface area contributed by atoms with Gasteiger partial charge in [-0.25, -0.2) is 0 Å². The van der Waals surface area contributed by atoms with Crippen LogP contribution in [0.2, 0.25) is 0 Å². The third-order valence-electron chi connectivity index (χ3n) is 2.37. The lowest BCUT2D eigenvalue weighted by Crippen LogP contribution is -2.09. The maximum absolute atomic E-state index is 3.39. The average molecular weight is 177 g/mol. The van der Waals surface area contributed by atoms with Crippen molar-refractivity contribution in [3.05, 3.63) is 36.0 Å². The van der Waals surface area contributed by atoms with Gasteiger partial charge in [-0.15, -0.1) is 0 Å². The van der Waals surface area contributed by atoms with Gasteiger partial charge in [-0.05, 0) is 38.3 Å². The Morgan fingerprint density at radius 2 is 2.15 bits per heavy atom. The van der Waals surface area contributed by atoms with Crippen molar-refractivity contribution in [3.63, 3.8) is 0 Å². The fraction of sp³-hybridized carbons (Fsp3) is 0.500. The number of rotatable bonds is 3. The first-order chi connectivity index (χ1) is 6.38. The zero-order valence-corrected chi connectivity index (χ0v) is 8.59. The van der Waals surface area contributed by atoms with Crippen LogP contribution in [0, 0.1) is 5.92 Å². The number of hydrogen-bond acceptors (Lipinski definition) is 1. The van der Waals surface area contributed by atoms with Crippen molar-refractivity contribution in [2.24, 2.45) is 5.92 Å². The Balaban J connectivity index is 2.65. The molecule has 0 amide bonds. The smallest absolute Gasteiger partial charge is 0.00206 e. The second kappa shape index (κ2) is 5.76. The van der Waals surface area contributed by atoms with Gasteiger partial charge < -0.3 is 5.32 Å². The molecular formula is C12H19N. The second-order valence-corrected chi connectivity index (χ2v) is 3.38. The minimum absolute atomic E-state index is 0.715. The molecule has 0 bridgehead atoms. The highest BCUT2D eigenvalue weighted by Gasteiger charge is 2.16. The van der Waals surface area contributed by atoms with Crippen molar-refractivity contribution < 1.29 is 0 Å². The summed E-state index contributed by atoms with van der Waals surface area (Å²) in [6.07, 6.45) is 12.0. The molecule has 1 fully saturated rings. The van der Waals surface area contributed by atoms with Gasteiger partial charge in [0.2, 0.25) is 0 Å². The summed E-state index contributed by atoms with van der Waals surface area (Å²) >= 11 is 0. The fourth-order valence-electron chi connectivity index (χ4n) is 1.67. The molecule has 1 heteroatoms. The molecule has 1 nitrogen and oxygen atoms in total. The van der Waals surface area contributed by atoms with Crippen LogP contribution in [-0.2, 0) is 0 Å². The van der Waals surface area contributed by atoms with Crippen LogP contribution in [0.25, 0.3) is 0 Å². The van der Waals surface area contributed by atoms with E-state index < -0.39 is 0 Å². The van der Waals surface area contributed by atoms with Crippen LogP contribution >= 0.6 is 0 Å². The predicted molar refractivity (Wildman–Crippen MR) is 58.7 cm³/mol. The highest BCUT2D eigenvalue weighted by molar-refractivity contribution is 5.27. The molecule has 0 aromatic heterocycles. The largest absolute Gasteiger partial charge is 0.316 e. The standard InChI is InChI=1S/C12H19N/c1-3-5-7-11(6-4-2)12-8-9-13-10-12/h3-7,12-13H,8-10H2,1-2H3/b5-3-,6-4-,11-7+. The molecule has 0 aromatic rings. The predicted octanol–water partition coefficient (Wildman–Crippen LogP) is 2.67. The van der Waals surface area contributed by atoms with Crippen molar-refractivity contribution >= 4 is 0 Å². The van der Waals surface area contributed by atoms with E-state index in [-0.39, 0.29) is 0 Å². The van der Waals surface area contributed by atoms with Crippen LogP contribution < -0.4 is 5.32 Å². The molecule has 1 aliphatic rings. The van der Waals surface area contributed by atoms with E-state index in [1.165, 1.54) is 12.0 Å². The lowest BCUT2D eigenvalue weighted by atomic mass is 9.97. The molecule has 0 aromatic carbocycles. The third kappa shape index (κ3) is 3.19. The second-order valence-electron chi connectivity index (χ2n) is 3.38. The Kier molecular flexibility index (Phi) is 4.55. The van der Waals surface area contributed by atoms with Crippen molar-refractivity contribution in [1.82, 2.24) is 5.32 Å². The Labute approximate surface area is 81.2 Å². The summed E-state index contributed by atoms with van der Waals surface area (Å²) in [4.78, 5) is 0. The summed E-state index contributed by atoms with van der Waals surface area (Å²) in [5.41, 5.74) is 1.45. The van der Waals surface area contributed by atoms with Crippen LogP contribution in [0.1, 0.15) is 20.3 Å². The SMILES string of the molecule is C\C=C/C=C(\C=C/C)C1CCNC1. The molecule has 0 aliphatic carbocycles. The lowest BCUT2D eigenvalue weighted by molar-refractivity contribution is 0.698. The molecule has 72 valence electrons. The van der Waals surface area contributed by atoms with E-state index in [0.717, 1.165) is 13.1 Å². The first kappa shape index (κ1) is 10.3. The van der Waals surface area contributed by atoms with E-state index in [0.29, 0.717) is 5.92 Å². The van der Waals surface area contributed by atoms with E-state index >= 15 is 0 Å². The summed E-state index contributed by atoms with van der Waals surface area (Å²) in [6, 6.07) is 0. The van der Waals surface area contributed by atoms with Crippen LogP contribution in [0.3, 0.4) is 0 Å². The van der Waals surface area contributed by atoms with Crippen molar-refractivity contribution in [2.75, 3.05) is 13.1 Å². The van der Waals surface area contributed by atoms with Crippen LogP contribution in [-0.4, -0.2) is 13.1 Å². The maximum Gasteiger partial charge on any atom is 0.00206 e. The van der Waals surface area contributed by atoms with E-state index in [1.54, 1.807) is 0 Å². The van der Waals surface area contributed by atoms with Crippen molar-refractivity contribution in [1.29, 1.82) is 0 Å². The Morgan fingerprint density at radius 3 is 2.69 bits per heavy atom. The molecule has 13 heavy (non-hydrogen) atoms. The molecule has 1 rings (SSSR count). The number of nitrogens with one attached hydrogen (secondary N) is 1. The van der Waals surface area contributed by atoms with Gasteiger partial charge in [0.05, 0.1) is 0 Å². The molecule has 1 heterocycles. The molecular weight excluding hydrogens is 158 g/mol. The number of hydrogen-bond donors (Lipinski definition) is 1. The average Bonchev–Trinajstić information content (AvgIpc) is 2.65. The Hall–Kier alpha value is -0.820. The lowest BCUT2D eigenvalue weighted by Gasteiger charge is -2.08. The molecule has 1 unspecified atom stereocenters. The van der Waals surface area contributed by atoms with Crippen molar-refractivity contribution in [3.8, 4) is 0 Å². The summed E-state index contributed by atoms with van der Waals surface area (Å²) in [7, 11) is 0. The fourth-order valence-corrected chi connectivity index (χ4v) is 1.67. The third-order valence-corrected chi connectivity index (χ3v) is 2.37. The molecule has 0 spiro atoms. The van der Waals surface area contributed by atoms with Gasteiger partial charge in [-0.1, -0.05) is 30.4 Å². The van der Waals surface area contributed by atoms with E-state index in [1.807, 2.05) is 0 Å². The molecule has 1 atom stereocenters. The molecule has 1 saturated heterocycles. The molecule has 0 saturated carbocycles. The summed E-state index contributed by atoms with van der Waals surface area (Å²) in [6.45, 7) is 6.42. The topological polar surface area (TPSA) is 12.0 Å². The van der Waals surface area contributed by atoms with E-state index in [2.05, 4.69) is 49.5 Å². The monoisotopic (exact) mass is 177 g/mol. The van der Waals surface area contributed by atoms with Crippen LogP contribution in [0.4, 0.5) is 0 Å². The van der Waals surface area contributed by atoms with Crippen LogP contribution in [0.5, 0.6) is 0 Å². The van der Waals surface area contributed by atoms with Crippen LogP contribution in [0.15, 0.2) is 36.0 Å². The molecule has 1 N–H and O–H groups in total. The highest BCUT2D eigenvalue weighted by Crippen LogP contribution is 2.19. The minimum Gasteiger partial charge on any atom is -0.316 e. The first-order valence-corrected chi connectivity index (χ1v) is 5.04.